The second kappa shape index (κ2) is 6.37. The van der Waals surface area contributed by atoms with Gasteiger partial charge >= 0.3 is 0 Å². The monoisotopic (exact) mass is 201 g/mol. The summed E-state index contributed by atoms with van der Waals surface area (Å²) in [5.41, 5.74) is 5.01. The van der Waals surface area contributed by atoms with E-state index in [4.69, 9.17) is 0 Å². The molecular weight excluding hydrogens is 182 g/mol. The maximum Gasteiger partial charge on any atom is 0.256 e. The van der Waals surface area contributed by atoms with E-state index >= 15 is 0 Å². The summed E-state index contributed by atoms with van der Waals surface area (Å²) in [4.78, 5) is 22.4. The highest BCUT2D eigenvalue weighted by molar-refractivity contribution is 5.86. The molecule has 0 aromatic heterocycles. The Kier molecular flexibility index (Phi) is 5.87. The Bertz CT molecular complexity index is 206. The second-order valence-electron chi connectivity index (χ2n) is 3.30. The molecule has 0 aromatic rings. The molecule has 0 radical (unpaired) electrons. The smallest absolute Gasteiger partial charge is 0.256 e. The lowest BCUT2D eigenvalue weighted by atomic mass is 9.98. The summed E-state index contributed by atoms with van der Waals surface area (Å²) >= 11 is 0. The van der Waals surface area contributed by atoms with Crippen LogP contribution < -0.4 is 16.2 Å². The Morgan fingerprint density at radius 2 is 1.93 bits per heavy atom. The average Bonchev–Trinajstić information content (AvgIpc) is 2.13. The molecule has 0 saturated heterocycles. The van der Waals surface area contributed by atoms with Gasteiger partial charge in [0.25, 0.3) is 5.91 Å². The molecule has 3 N–H and O–H groups in total. The van der Waals surface area contributed by atoms with Crippen LogP contribution in [0.3, 0.4) is 0 Å². The number of rotatable bonds is 5. The molecule has 0 aromatic carbocycles. The zero-order valence-corrected chi connectivity index (χ0v) is 9.18. The van der Waals surface area contributed by atoms with Gasteiger partial charge in [-0.25, -0.2) is 5.43 Å². The van der Waals surface area contributed by atoms with Crippen LogP contribution in [0.5, 0.6) is 0 Å². The number of nitrogens with one attached hydrogen (secondary N) is 3. The van der Waals surface area contributed by atoms with E-state index in [9.17, 15) is 9.59 Å². The molecule has 0 rings (SSSR count). The molecule has 0 saturated carbocycles. The molecular formula is C9H19N3O2. The van der Waals surface area contributed by atoms with Crippen molar-refractivity contribution in [3.8, 4) is 0 Å². The molecule has 5 heteroatoms. The largest absolute Gasteiger partial charge is 0.344 e. The summed E-state index contributed by atoms with van der Waals surface area (Å²) in [5, 5.41) is 2.62. The molecule has 5 nitrogen and oxygen atoms in total. The minimum absolute atomic E-state index is 0.118. The molecule has 2 amide bonds. The molecule has 0 fully saturated rings. The molecule has 0 aliphatic rings. The summed E-state index contributed by atoms with van der Waals surface area (Å²) in [7, 11) is 1.61. The van der Waals surface area contributed by atoms with Crippen LogP contribution >= 0.6 is 0 Å². The third-order valence-corrected chi connectivity index (χ3v) is 2.10. The van der Waals surface area contributed by atoms with Crippen molar-refractivity contribution in [3.63, 3.8) is 0 Å². The van der Waals surface area contributed by atoms with Crippen LogP contribution in [0.15, 0.2) is 0 Å². The SMILES string of the molecule is CC[C@H](C)[C@H](NC(C)=O)C(=O)NNC. The van der Waals surface area contributed by atoms with E-state index in [0.717, 1.165) is 6.42 Å². The Labute approximate surface area is 84.6 Å². The summed E-state index contributed by atoms with van der Waals surface area (Å²) in [6.07, 6.45) is 0.835. The van der Waals surface area contributed by atoms with Crippen molar-refractivity contribution in [3.05, 3.63) is 0 Å². The van der Waals surface area contributed by atoms with Gasteiger partial charge < -0.3 is 5.32 Å². The van der Waals surface area contributed by atoms with Crippen molar-refractivity contribution in [2.75, 3.05) is 7.05 Å². The predicted octanol–water partition coefficient (Wildman–Crippen LogP) is -0.212. The van der Waals surface area contributed by atoms with Crippen LogP contribution in [0, 0.1) is 5.92 Å². The average molecular weight is 201 g/mol. The first-order valence-electron chi connectivity index (χ1n) is 4.76. The fraction of sp³-hybridized carbons (Fsp3) is 0.778. The van der Waals surface area contributed by atoms with E-state index in [1.54, 1.807) is 7.05 Å². The number of hydrogen-bond acceptors (Lipinski definition) is 3. The van der Waals surface area contributed by atoms with Gasteiger partial charge in [0.2, 0.25) is 5.91 Å². The van der Waals surface area contributed by atoms with Gasteiger partial charge in [0, 0.05) is 14.0 Å². The first kappa shape index (κ1) is 12.9. The highest BCUT2D eigenvalue weighted by atomic mass is 16.2. The van der Waals surface area contributed by atoms with Gasteiger partial charge in [-0.15, -0.1) is 0 Å². The maximum atomic E-state index is 11.5. The van der Waals surface area contributed by atoms with Gasteiger partial charge in [0.1, 0.15) is 6.04 Å². The Balaban J connectivity index is 4.37. The molecule has 0 spiro atoms. The van der Waals surface area contributed by atoms with E-state index in [0.29, 0.717) is 0 Å². The third-order valence-electron chi connectivity index (χ3n) is 2.10. The van der Waals surface area contributed by atoms with Crippen molar-refractivity contribution in [2.24, 2.45) is 5.92 Å². The Morgan fingerprint density at radius 1 is 1.36 bits per heavy atom. The number of hydrogen-bond donors (Lipinski definition) is 3. The highest BCUT2D eigenvalue weighted by Gasteiger charge is 2.24. The fourth-order valence-electron chi connectivity index (χ4n) is 1.12. The molecule has 0 aliphatic heterocycles. The van der Waals surface area contributed by atoms with E-state index < -0.39 is 6.04 Å². The van der Waals surface area contributed by atoms with Crippen molar-refractivity contribution < 1.29 is 9.59 Å². The minimum Gasteiger partial charge on any atom is -0.344 e. The topological polar surface area (TPSA) is 70.2 Å². The Morgan fingerprint density at radius 3 is 2.29 bits per heavy atom. The molecule has 0 bridgehead atoms. The summed E-state index contributed by atoms with van der Waals surface area (Å²) in [5.74, 6) is -0.286. The predicted molar refractivity (Wildman–Crippen MR) is 54.3 cm³/mol. The number of carbonyl (C=O) groups is 2. The molecule has 0 aliphatic carbocycles. The van der Waals surface area contributed by atoms with Gasteiger partial charge in [-0.2, -0.15) is 0 Å². The number of carbonyl (C=O) groups excluding carboxylic acids is 2. The molecule has 0 unspecified atom stereocenters. The van der Waals surface area contributed by atoms with Crippen LogP contribution in [0.25, 0.3) is 0 Å². The van der Waals surface area contributed by atoms with Crippen LogP contribution in [0.2, 0.25) is 0 Å². The lowest BCUT2D eigenvalue weighted by Gasteiger charge is -2.22. The minimum atomic E-state index is -0.468. The summed E-state index contributed by atoms with van der Waals surface area (Å²) in [6, 6.07) is -0.468. The Hall–Kier alpha value is -1.10. The van der Waals surface area contributed by atoms with Gasteiger partial charge in [-0.1, -0.05) is 20.3 Å². The lowest BCUT2D eigenvalue weighted by Crippen LogP contribution is -2.52. The van der Waals surface area contributed by atoms with Crippen molar-refractivity contribution in [2.45, 2.75) is 33.2 Å². The fourth-order valence-corrected chi connectivity index (χ4v) is 1.12. The molecule has 82 valence electrons. The van der Waals surface area contributed by atoms with Crippen LogP contribution in [-0.4, -0.2) is 24.9 Å². The van der Waals surface area contributed by atoms with Gasteiger partial charge in [-0.05, 0) is 5.92 Å². The first-order valence-corrected chi connectivity index (χ1v) is 4.76. The number of amides is 2. The second-order valence-corrected chi connectivity index (χ2v) is 3.30. The van der Waals surface area contributed by atoms with Crippen LogP contribution in [-0.2, 0) is 9.59 Å². The normalized spacial score (nSPS) is 14.3. The third kappa shape index (κ3) is 4.23. The zero-order valence-electron chi connectivity index (χ0n) is 9.18. The molecule has 0 heterocycles. The van der Waals surface area contributed by atoms with Crippen molar-refractivity contribution in [1.29, 1.82) is 0 Å². The van der Waals surface area contributed by atoms with Gasteiger partial charge in [-0.3, -0.25) is 15.0 Å². The highest BCUT2D eigenvalue weighted by Crippen LogP contribution is 2.07. The molecule has 2 atom stereocenters. The maximum absolute atomic E-state index is 11.5. The van der Waals surface area contributed by atoms with E-state index in [1.165, 1.54) is 6.92 Å². The quantitative estimate of drug-likeness (QED) is 0.539. The van der Waals surface area contributed by atoms with E-state index in [2.05, 4.69) is 16.2 Å². The standard InChI is InChI=1S/C9H19N3O2/c1-5-6(2)8(11-7(3)13)9(14)12-10-4/h6,8,10H,5H2,1-4H3,(H,11,13)(H,12,14)/t6-,8-/m0/s1. The number of hydrazine groups is 1. The molecule has 14 heavy (non-hydrogen) atoms. The summed E-state index contributed by atoms with van der Waals surface area (Å²) in [6.45, 7) is 5.31. The van der Waals surface area contributed by atoms with E-state index in [-0.39, 0.29) is 17.7 Å². The van der Waals surface area contributed by atoms with Crippen LogP contribution in [0.4, 0.5) is 0 Å². The van der Waals surface area contributed by atoms with Crippen molar-refractivity contribution in [1.82, 2.24) is 16.2 Å². The van der Waals surface area contributed by atoms with Gasteiger partial charge in [0.05, 0.1) is 0 Å². The first-order chi connectivity index (χ1) is 6.52. The van der Waals surface area contributed by atoms with Gasteiger partial charge in [0.15, 0.2) is 0 Å². The summed E-state index contributed by atoms with van der Waals surface area (Å²) < 4.78 is 0. The zero-order chi connectivity index (χ0) is 11.1. The van der Waals surface area contributed by atoms with Crippen LogP contribution in [0.1, 0.15) is 27.2 Å². The lowest BCUT2D eigenvalue weighted by molar-refractivity contribution is -0.129. The van der Waals surface area contributed by atoms with E-state index in [1.807, 2.05) is 13.8 Å². The van der Waals surface area contributed by atoms with Crippen molar-refractivity contribution >= 4 is 11.8 Å².